The molecule has 0 bridgehead atoms. The van der Waals surface area contributed by atoms with E-state index in [2.05, 4.69) is 0 Å². The summed E-state index contributed by atoms with van der Waals surface area (Å²) in [6.07, 6.45) is 0. The van der Waals surface area contributed by atoms with Gasteiger partial charge in [0, 0.05) is 19.3 Å². The third kappa shape index (κ3) is 5.29. The minimum Gasteiger partial charge on any atom is -0.482 e. The number of rotatable bonds is 6. The minimum atomic E-state index is -0.588. The fourth-order valence-corrected chi connectivity index (χ4v) is 1.18. The Bertz CT molecular complexity index is 431. The van der Waals surface area contributed by atoms with E-state index in [9.17, 15) is 9.59 Å². The number of esters is 1. The van der Waals surface area contributed by atoms with E-state index in [0.29, 0.717) is 18.0 Å². The number of nitrogen functional groups attached to an aromatic ring is 1. The summed E-state index contributed by atoms with van der Waals surface area (Å²) < 4.78 is 9.98. The third-order valence-corrected chi connectivity index (χ3v) is 2.49. The molecule has 19 heavy (non-hydrogen) atoms. The van der Waals surface area contributed by atoms with E-state index in [0.717, 1.165) is 0 Å². The van der Waals surface area contributed by atoms with Gasteiger partial charge in [-0.15, -0.1) is 0 Å². The number of nitrogens with two attached hydrogens (primary N) is 1. The van der Waals surface area contributed by atoms with Crippen molar-refractivity contribution in [2.75, 3.05) is 32.5 Å². The Hall–Kier alpha value is -2.24. The van der Waals surface area contributed by atoms with Crippen molar-refractivity contribution in [2.24, 2.45) is 0 Å². The van der Waals surface area contributed by atoms with Crippen LogP contribution in [-0.2, 0) is 14.3 Å². The molecule has 1 aromatic carbocycles. The predicted octanol–water partition coefficient (Wildman–Crippen LogP) is 0.669. The van der Waals surface area contributed by atoms with Gasteiger partial charge in [0.15, 0.2) is 13.2 Å². The number of hydrogen-bond donors (Lipinski definition) is 1. The molecule has 0 aliphatic heterocycles. The summed E-state index contributed by atoms with van der Waals surface area (Å²) in [6.45, 7) is 1.89. The molecule has 0 unspecified atom stereocenters. The van der Waals surface area contributed by atoms with E-state index in [1.807, 2.05) is 6.92 Å². The van der Waals surface area contributed by atoms with Gasteiger partial charge in [-0.1, -0.05) is 0 Å². The smallest absolute Gasteiger partial charge is 0.344 e. The van der Waals surface area contributed by atoms with Crippen molar-refractivity contribution in [3.05, 3.63) is 24.3 Å². The summed E-state index contributed by atoms with van der Waals surface area (Å²) in [5.41, 5.74) is 6.13. The molecule has 2 N–H and O–H groups in total. The van der Waals surface area contributed by atoms with Crippen LogP contribution < -0.4 is 10.5 Å². The second-order valence-corrected chi connectivity index (χ2v) is 3.93. The topological polar surface area (TPSA) is 81.9 Å². The van der Waals surface area contributed by atoms with Crippen LogP contribution >= 0.6 is 0 Å². The Morgan fingerprint density at radius 2 is 1.84 bits per heavy atom. The molecule has 6 nitrogen and oxygen atoms in total. The second-order valence-electron chi connectivity index (χ2n) is 3.93. The van der Waals surface area contributed by atoms with Crippen molar-refractivity contribution in [1.29, 1.82) is 0 Å². The molecule has 0 aromatic heterocycles. The summed E-state index contributed by atoms with van der Waals surface area (Å²) in [5, 5.41) is 0. The normalized spacial score (nSPS) is 9.79. The zero-order valence-corrected chi connectivity index (χ0v) is 11.1. The van der Waals surface area contributed by atoms with Crippen LogP contribution in [0.4, 0.5) is 5.69 Å². The lowest BCUT2D eigenvalue weighted by molar-refractivity contribution is -0.153. The summed E-state index contributed by atoms with van der Waals surface area (Å²) in [6, 6.07) is 6.64. The summed E-state index contributed by atoms with van der Waals surface area (Å²) >= 11 is 0. The van der Waals surface area contributed by atoms with Crippen molar-refractivity contribution < 1.29 is 19.1 Å². The van der Waals surface area contributed by atoms with Gasteiger partial charge in [-0.25, -0.2) is 4.79 Å². The molecule has 1 amide bonds. The Labute approximate surface area is 112 Å². The molecule has 0 spiro atoms. The maximum atomic E-state index is 11.4. The summed E-state index contributed by atoms with van der Waals surface area (Å²) in [4.78, 5) is 24.2. The number of hydrogen-bond acceptors (Lipinski definition) is 5. The standard InChI is InChI=1S/C13H18N2O4/c1-3-15(2)12(16)8-19-13(17)9-18-11-6-4-10(14)5-7-11/h4-7H,3,8-9,14H2,1-2H3. The number of nitrogens with zero attached hydrogens (tertiary/aromatic N) is 1. The van der Waals surface area contributed by atoms with Crippen LogP contribution in [0.5, 0.6) is 5.75 Å². The highest BCUT2D eigenvalue weighted by Gasteiger charge is 2.11. The van der Waals surface area contributed by atoms with E-state index in [1.54, 1.807) is 31.3 Å². The first kappa shape index (κ1) is 14.8. The Balaban J connectivity index is 2.28. The summed E-state index contributed by atoms with van der Waals surface area (Å²) in [5.74, 6) is -0.318. The van der Waals surface area contributed by atoms with Crippen LogP contribution in [0.25, 0.3) is 0 Å². The predicted molar refractivity (Wildman–Crippen MR) is 70.6 cm³/mol. The molecule has 0 atom stereocenters. The number of carbonyl (C=O) groups is 2. The number of ether oxygens (including phenoxy) is 2. The van der Waals surface area contributed by atoms with Crippen LogP contribution in [0.15, 0.2) is 24.3 Å². The molecule has 0 fully saturated rings. The van der Waals surface area contributed by atoms with Crippen molar-refractivity contribution in [1.82, 2.24) is 4.90 Å². The number of benzene rings is 1. The van der Waals surface area contributed by atoms with Gasteiger partial charge in [0.05, 0.1) is 0 Å². The molecule has 104 valence electrons. The molecule has 1 aromatic rings. The van der Waals surface area contributed by atoms with E-state index in [4.69, 9.17) is 15.2 Å². The van der Waals surface area contributed by atoms with Crippen molar-refractivity contribution >= 4 is 17.6 Å². The van der Waals surface area contributed by atoms with Crippen molar-refractivity contribution in [3.63, 3.8) is 0 Å². The maximum absolute atomic E-state index is 11.4. The van der Waals surface area contributed by atoms with Crippen LogP contribution in [0, 0.1) is 0 Å². The lowest BCUT2D eigenvalue weighted by Gasteiger charge is -2.14. The monoisotopic (exact) mass is 266 g/mol. The zero-order chi connectivity index (χ0) is 14.3. The van der Waals surface area contributed by atoms with Crippen molar-refractivity contribution in [3.8, 4) is 5.75 Å². The minimum absolute atomic E-state index is 0.243. The molecule has 0 saturated heterocycles. The molecule has 0 heterocycles. The van der Waals surface area contributed by atoms with Crippen LogP contribution in [0.2, 0.25) is 0 Å². The molecule has 1 rings (SSSR count). The first-order valence-corrected chi connectivity index (χ1v) is 5.91. The molecular formula is C13H18N2O4. The van der Waals surface area contributed by atoms with Gasteiger partial charge in [-0.2, -0.15) is 0 Å². The van der Waals surface area contributed by atoms with Gasteiger partial charge >= 0.3 is 5.97 Å². The number of anilines is 1. The molecule has 0 radical (unpaired) electrons. The van der Waals surface area contributed by atoms with E-state index in [1.165, 1.54) is 4.90 Å². The first-order chi connectivity index (χ1) is 9.02. The highest BCUT2D eigenvalue weighted by atomic mass is 16.6. The molecule has 0 saturated carbocycles. The van der Waals surface area contributed by atoms with E-state index < -0.39 is 5.97 Å². The zero-order valence-electron chi connectivity index (χ0n) is 11.1. The molecule has 0 aliphatic carbocycles. The van der Waals surface area contributed by atoms with Crippen LogP contribution in [0.3, 0.4) is 0 Å². The molecule has 6 heteroatoms. The Morgan fingerprint density at radius 3 is 2.42 bits per heavy atom. The van der Waals surface area contributed by atoms with Gasteiger partial charge in [0.1, 0.15) is 5.75 Å². The highest BCUT2D eigenvalue weighted by Crippen LogP contribution is 2.12. The van der Waals surface area contributed by atoms with Crippen LogP contribution in [0.1, 0.15) is 6.92 Å². The summed E-state index contributed by atoms with van der Waals surface area (Å²) in [7, 11) is 1.64. The number of likely N-dealkylation sites (N-methyl/N-ethyl adjacent to an activating group) is 1. The molecule has 0 aliphatic rings. The van der Waals surface area contributed by atoms with Gasteiger partial charge < -0.3 is 20.1 Å². The SMILES string of the molecule is CCN(C)C(=O)COC(=O)COc1ccc(N)cc1. The van der Waals surface area contributed by atoms with Gasteiger partial charge in [0.2, 0.25) is 0 Å². The third-order valence-electron chi connectivity index (χ3n) is 2.49. The maximum Gasteiger partial charge on any atom is 0.344 e. The van der Waals surface area contributed by atoms with Crippen LogP contribution in [-0.4, -0.2) is 43.6 Å². The fraction of sp³-hybridized carbons (Fsp3) is 0.385. The van der Waals surface area contributed by atoms with Gasteiger partial charge in [-0.05, 0) is 31.2 Å². The molecular weight excluding hydrogens is 248 g/mol. The Morgan fingerprint density at radius 1 is 1.21 bits per heavy atom. The van der Waals surface area contributed by atoms with E-state index in [-0.39, 0.29) is 19.1 Å². The average Bonchev–Trinajstić information content (AvgIpc) is 2.43. The van der Waals surface area contributed by atoms with Gasteiger partial charge in [-0.3, -0.25) is 4.79 Å². The number of carbonyl (C=O) groups excluding carboxylic acids is 2. The largest absolute Gasteiger partial charge is 0.482 e. The lowest BCUT2D eigenvalue weighted by atomic mass is 10.3. The second kappa shape index (κ2) is 7.25. The van der Waals surface area contributed by atoms with Gasteiger partial charge in [0.25, 0.3) is 5.91 Å². The number of amides is 1. The quantitative estimate of drug-likeness (QED) is 0.604. The lowest BCUT2D eigenvalue weighted by Crippen LogP contribution is -2.31. The Kier molecular flexibility index (Phi) is 5.66. The fourth-order valence-electron chi connectivity index (χ4n) is 1.18. The van der Waals surface area contributed by atoms with E-state index >= 15 is 0 Å². The average molecular weight is 266 g/mol. The first-order valence-electron chi connectivity index (χ1n) is 5.91. The van der Waals surface area contributed by atoms with Crippen molar-refractivity contribution in [2.45, 2.75) is 6.92 Å². The highest BCUT2D eigenvalue weighted by molar-refractivity contribution is 5.80.